The number of carbonyl (C=O) groups is 1. The third kappa shape index (κ3) is 5.05. The lowest BCUT2D eigenvalue weighted by Crippen LogP contribution is -2.56. The van der Waals surface area contributed by atoms with E-state index < -0.39 is 0 Å². The van der Waals surface area contributed by atoms with E-state index in [1.165, 1.54) is 5.01 Å². The molecule has 138 valence electrons. The Morgan fingerprint density at radius 3 is 2.83 bits per heavy atom. The van der Waals surface area contributed by atoms with Gasteiger partial charge in [0.15, 0.2) is 0 Å². The van der Waals surface area contributed by atoms with E-state index >= 15 is 0 Å². The van der Waals surface area contributed by atoms with Gasteiger partial charge in [-0.2, -0.15) is 0 Å². The molecule has 0 unspecified atom stereocenters. The summed E-state index contributed by atoms with van der Waals surface area (Å²) < 4.78 is 0. The number of fused-ring (bicyclic) bond motifs is 1. The molecule has 0 aromatic carbocycles. The lowest BCUT2D eigenvalue weighted by Gasteiger charge is -2.47. The van der Waals surface area contributed by atoms with Crippen LogP contribution in [0.15, 0.2) is 5.38 Å². The number of hydrogen-bond acceptors (Lipinski definition) is 5. The molecule has 0 bridgehead atoms. The molecule has 0 aliphatic carbocycles. The molecule has 2 atom stereocenters. The third-order valence-electron chi connectivity index (χ3n) is 4.86. The smallest absolute Gasteiger partial charge is 0.222 e. The van der Waals surface area contributed by atoms with Crippen molar-refractivity contribution in [3.05, 3.63) is 16.1 Å². The molecule has 2 aliphatic heterocycles. The van der Waals surface area contributed by atoms with Gasteiger partial charge in [0.25, 0.3) is 0 Å². The maximum atomic E-state index is 12.2. The zero-order valence-electron chi connectivity index (χ0n) is 14.4. The molecule has 8 heteroatoms. The van der Waals surface area contributed by atoms with Crippen molar-refractivity contribution in [1.82, 2.24) is 20.1 Å². The minimum absolute atomic E-state index is 0. The van der Waals surface area contributed by atoms with E-state index in [0.717, 1.165) is 57.7 Å². The van der Waals surface area contributed by atoms with Gasteiger partial charge in [0, 0.05) is 49.7 Å². The lowest BCUT2D eigenvalue weighted by atomic mass is 9.83. The number of nitrogens with one attached hydrogen (secondary N) is 1. The Kier molecular flexibility index (Phi) is 8.95. The van der Waals surface area contributed by atoms with E-state index in [-0.39, 0.29) is 24.8 Å². The molecule has 2 aliphatic rings. The summed E-state index contributed by atoms with van der Waals surface area (Å²) in [5.74, 6) is 0.977. The summed E-state index contributed by atoms with van der Waals surface area (Å²) >= 11 is 1.76. The SMILES string of the molecule is CNCCN1C(=O)CC[C@H]2CN(Cc3nc(C)cs3)CC[C@H]21.Cl.Cl. The second-order valence-electron chi connectivity index (χ2n) is 6.46. The second-order valence-corrected chi connectivity index (χ2v) is 7.41. The molecule has 2 saturated heterocycles. The first-order chi connectivity index (χ1) is 10.7. The fourth-order valence-corrected chi connectivity index (χ4v) is 4.57. The van der Waals surface area contributed by atoms with Crippen LogP contribution in [0.25, 0.3) is 0 Å². The van der Waals surface area contributed by atoms with Gasteiger partial charge in [0.1, 0.15) is 5.01 Å². The van der Waals surface area contributed by atoms with Crippen LogP contribution >= 0.6 is 36.2 Å². The summed E-state index contributed by atoms with van der Waals surface area (Å²) in [4.78, 5) is 21.4. The Morgan fingerprint density at radius 2 is 2.17 bits per heavy atom. The van der Waals surface area contributed by atoms with Crippen molar-refractivity contribution in [3.63, 3.8) is 0 Å². The zero-order chi connectivity index (χ0) is 15.5. The van der Waals surface area contributed by atoms with Gasteiger partial charge in [-0.3, -0.25) is 9.69 Å². The third-order valence-corrected chi connectivity index (χ3v) is 5.81. The molecule has 1 aromatic rings. The highest BCUT2D eigenvalue weighted by atomic mass is 35.5. The highest BCUT2D eigenvalue weighted by molar-refractivity contribution is 7.09. The van der Waals surface area contributed by atoms with Crippen molar-refractivity contribution in [2.24, 2.45) is 5.92 Å². The van der Waals surface area contributed by atoms with Crippen molar-refractivity contribution in [1.29, 1.82) is 0 Å². The van der Waals surface area contributed by atoms with E-state index in [1.807, 2.05) is 7.05 Å². The molecule has 24 heavy (non-hydrogen) atoms. The van der Waals surface area contributed by atoms with Crippen LogP contribution in [0.4, 0.5) is 0 Å². The molecule has 0 spiro atoms. The molecule has 5 nitrogen and oxygen atoms in total. The van der Waals surface area contributed by atoms with Crippen molar-refractivity contribution in [2.75, 3.05) is 33.2 Å². The van der Waals surface area contributed by atoms with Gasteiger partial charge in [-0.05, 0) is 32.7 Å². The predicted octanol–water partition coefficient (Wildman–Crippen LogP) is 2.33. The van der Waals surface area contributed by atoms with Gasteiger partial charge >= 0.3 is 0 Å². The Balaban J connectivity index is 0.00000144. The predicted molar refractivity (Wildman–Crippen MR) is 103 cm³/mol. The van der Waals surface area contributed by atoms with Crippen LogP contribution < -0.4 is 5.32 Å². The fraction of sp³-hybridized carbons (Fsp3) is 0.750. The second kappa shape index (κ2) is 9.92. The van der Waals surface area contributed by atoms with E-state index in [9.17, 15) is 4.79 Å². The van der Waals surface area contributed by atoms with Crippen LogP contribution in [0.2, 0.25) is 0 Å². The van der Waals surface area contributed by atoms with Crippen LogP contribution in [0.3, 0.4) is 0 Å². The maximum Gasteiger partial charge on any atom is 0.222 e. The van der Waals surface area contributed by atoms with E-state index in [1.54, 1.807) is 11.3 Å². The Labute approximate surface area is 161 Å². The van der Waals surface area contributed by atoms with Gasteiger partial charge in [-0.25, -0.2) is 4.98 Å². The number of halogens is 2. The molecular weight excluding hydrogens is 367 g/mol. The molecule has 1 amide bonds. The van der Waals surface area contributed by atoms with Crippen LogP contribution in [0, 0.1) is 12.8 Å². The number of likely N-dealkylation sites (tertiary alicyclic amines) is 2. The van der Waals surface area contributed by atoms with Crippen molar-refractivity contribution in [3.8, 4) is 0 Å². The molecule has 0 saturated carbocycles. The van der Waals surface area contributed by atoms with Gasteiger partial charge < -0.3 is 10.2 Å². The summed E-state index contributed by atoms with van der Waals surface area (Å²) in [6, 6.07) is 0.448. The number of piperidine rings is 2. The lowest BCUT2D eigenvalue weighted by molar-refractivity contribution is -0.141. The average Bonchev–Trinajstić information content (AvgIpc) is 2.91. The summed E-state index contributed by atoms with van der Waals surface area (Å²) in [6.45, 7) is 6.93. The number of hydrogen-bond donors (Lipinski definition) is 1. The van der Waals surface area contributed by atoms with Crippen LogP contribution in [-0.2, 0) is 11.3 Å². The fourth-order valence-electron chi connectivity index (χ4n) is 3.76. The molecule has 3 heterocycles. The number of likely N-dealkylation sites (N-methyl/N-ethyl adjacent to an activating group) is 1. The van der Waals surface area contributed by atoms with E-state index in [4.69, 9.17) is 0 Å². The normalized spacial score (nSPS) is 24.1. The number of aryl methyl sites for hydroxylation is 1. The number of rotatable bonds is 5. The Morgan fingerprint density at radius 1 is 1.38 bits per heavy atom. The maximum absolute atomic E-state index is 12.2. The minimum atomic E-state index is 0. The standard InChI is InChI=1S/C16H26N4OS.2ClH/c1-12-11-22-15(18-12)10-19-7-5-14-13(9-19)3-4-16(21)20(14)8-6-17-2;;/h11,13-14,17H,3-10H2,1-2H3;2*1H/t13-,14+;;/m0../s1. The molecular formula is C16H28Cl2N4OS. The first-order valence-electron chi connectivity index (χ1n) is 8.25. The first-order valence-corrected chi connectivity index (χ1v) is 9.12. The van der Waals surface area contributed by atoms with Crippen LogP contribution in [0.1, 0.15) is 30.0 Å². The summed E-state index contributed by atoms with van der Waals surface area (Å²) in [6.07, 6.45) is 2.87. The summed E-state index contributed by atoms with van der Waals surface area (Å²) in [7, 11) is 1.95. The van der Waals surface area contributed by atoms with Gasteiger partial charge in [-0.15, -0.1) is 36.2 Å². The quantitative estimate of drug-likeness (QED) is 0.832. The highest BCUT2D eigenvalue weighted by Gasteiger charge is 2.38. The number of amides is 1. The number of aromatic nitrogens is 1. The molecule has 1 aromatic heterocycles. The Hall–Kier alpha value is -0.400. The number of nitrogens with zero attached hydrogens (tertiary/aromatic N) is 3. The highest BCUT2D eigenvalue weighted by Crippen LogP contribution is 2.31. The first kappa shape index (κ1) is 21.6. The summed E-state index contributed by atoms with van der Waals surface area (Å²) in [5, 5.41) is 6.51. The average molecular weight is 395 g/mol. The van der Waals surface area contributed by atoms with E-state index in [0.29, 0.717) is 17.9 Å². The summed E-state index contributed by atoms with van der Waals surface area (Å²) in [5.41, 5.74) is 1.12. The molecule has 3 rings (SSSR count). The topological polar surface area (TPSA) is 48.5 Å². The number of carbonyl (C=O) groups excluding carboxylic acids is 1. The van der Waals surface area contributed by atoms with Gasteiger partial charge in [0.05, 0.1) is 6.54 Å². The van der Waals surface area contributed by atoms with Crippen molar-refractivity contribution >= 4 is 42.1 Å². The zero-order valence-corrected chi connectivity index (χ0v) is 16.8. The monoisotopic (exact) mass is 394 g/mol. The van der Waals surface area contributed by atoms with Gasteiger partial charge in [-0.1, -0.05) is 0 Å². The Bertz CT molecular complexity index is 528. The van der Waals surface area contributed by atoms with E-state index in [2.05, 4.69) is 32.4 Å². The van der Waals surface area contributed by atoms with Crippen molar-refractivity contribution in [2.45, 2.75) is 38.8 Å². The van der Waals surface area contributed by atoms with Crippen molar-refractivity contribution < 1.29 is 4.79 Å². The largest absolute Gasteiger partial charge is 0.338 e. The number of thiazole rings is 1. The molecule has 0 radical (unpaired) electrons. The van der Waals surface area contributed by atoms with Gasteiger partial charge in [0.2, 0.25) is 5.91 Å². The minimum Gasteiger partial charge on any atom is -0.338 e. The van der Waals surface area contributed by atoms with Crippen LogP contribution in [-0.4, -0.2) is 60.0 Å². The molecule has 1 N–H and O–H groups in total. The molecule has 2 fully saturated rings. The van der Waals surface area contributed by atoms with Crippen LogP contribution in [0.5, 0.6) is 0 Å².